The Bertz CT molecular complexity index is 666. The zero-order chi connectivity index (χ0) is 16.7. The molecule has 0 unspecified atom stereocenters. The number of anilines is 1. The van der Waals surface area contributed by atoms with Crippen LogP contribution in [-0.2, 0) is 11.2 Å². The van der Waals surface area contributed by atoms with Crippen molar-refractivity contribution in [2.75, 3.05) is 18.1 Å². The maximum atomic E-state index is 12.1. The van der Waals surface area contributed by atoms with Gasteiger partial charge in [-0.25, -0.2) is 0 Å². The molecule has 0 aliphatic rings. The van der Waals surface area contributed by atoms with E-state index in [1.54, 1.807) is 36.0 Å². The Kier molecular flexibility index (Phi) is 6.23. The molecular weight excluding hydrogens is 308 g/mol. The van der Waals surface area contributed by atoms with Crippen LogP contribution in [-0.4, -0.2) is 24.6 Å². The quantitative estimate of drug-likeness (QED) is 0.800. The fraction of sp³-hybridized carbons (Fsp3) is 0.222. The number of carbonyl (C=O) groups excluding carboxylic acids is 2. The van der Waals surface area contributed by atoms with Crippen molar-refractivity contribution in [1.29, 1.82) is 0 Å². The summed E-state index contributed by atoms with van der Waals surface area (Å²) in [6, 6.07) is 15.2. The predicted octanol–water partition coefficient (Wildman–Crippen LogP) is 3.34. The van der Waals surface area contributed by atoms with Crippen molar-refractivity contribution in [3.05, 3.63) is 59.7 Å². The first-order valence-corrected chi connectivity index (χ1v) is 8.60. The van der Waals surface area contributed by atoms with Crippen molar-refractivity contribution in [1.82, 2.24) is 5.32 Å². The molecular formula is C18H20N2O2S. The van der Waals surface area contributed by atoms with Crippen molar-refractivity contribution in [3.8, 4) is 0 Å². The van der Waals surface area contributed by atoms with Crippen LogP contribution in [0.1, 0.15) is 22.8 Å². The SMILES string of the molecule is CSc1ccc(CCNC(=O)c2ccc(NC(C)=O)cc2)cc1. The van der Waals surface area contributed by atoms with Crippen LogP contribution in [0.5, 0.6) is 0 Å². The maximum absolute atomic E-state index is 12.1. The number of carbonyl (C=O) groups is 2. The van der Waals surface area contributed by atoms with Gasteiger partial charge in [0.25, 0.3) is 5.91 Å². The van der Waals surface area contributed by atoms with Gasteiger partial charge in [0.1, 0.15) is 0 Å². The van der Waals surface area contributed by atoms with E-state index in [1.165, 1.54) is 17.4 Å². The largest absolute Gasteiger partial charge is 0.352 e. The zero-order valence-electron chi connectivity index (χ0n) is 13.3. The lowest BCUT2D eigenvalue weighted by Gasteiger charge is -2.07. The molecule has 23 heavy (non-hydrogen) atoms. The number of benzene rings is 2. The van der Waals surface area contributed by atoms with Crippen molar-refractivity contribution in [2.45, 2.75) is 18.2 Å². The maximum Gasteiger partial charge on any atom is 0.251 e. The van der Waals surface area contributed by atoms with Crippen LogP contribution in [0.3, 0.4) is 0 Å². The van der Waals surface area contributed by atoms with E-state index in [9.17, 15) is 9.59 Å². The topological polar surface area (TPSA) is 58.2 Å². The molecule has 2 rings (SSSR count). The molecule has 0 fully saturated rings. The Hall–Kier alpha value is -2.27. The second-order valence-corrected chi connectivity index (χ2v) is 5.99. The fourth-order valence-corrected chi connectivity index (χ4v) is 2.53. The van der Waals surface area contributed by atoms with E-state index in [0.717, 1.165) is 6.42 Å². The van der Waals surface area contributed by atoms with Gasteiger partial charge in [0.05, 0.1) is 0 Å². The first kappa shape index (κ1) is 17.1. The lowest BCUT2D eigenvalue weighted by Crippen LogP contribution is -2.25. The van der Waals surface area contributed by atoms with E-state index >= 15 is 0 Å². The van der Waals surface area contributed by atoms with Gasteiger partial charge in [0.2, 0.25) is 5.91 Å². The van der Waals surface area contributed by atoms with E-state index in [4.69, 9.17) is 0 Å². The minimum Gasteiger partial charge on any atom is -0.352 e. The van der Waals surface area contributed by atoms with E-state index in [1.807, 2.05) is 6.26 Å². The van der Waals surface area contributed by atoms with Crippen molar-refractivity contribution < 1.29 is 9.59 Å². The smallest absolute Gasteiger partial charge is 0.251 e. The van der Waals surface area contributed by atoms with E-state index < -0.39 is 0 Å². The van der Waals surface area contributed by atoms with Crippen molar-refractivity contribution >= 4 is 29.3 Å². The molecule has 0 spiro atoms. The van der Waals surface area contributed by atoms with Gasteiger partial charge in [-0.1, -0.05) is 12.1 Å². The molecule has 0 atom stereocenters. The molecule has 5 heteroatoms. The average Bonchev–Trinajstić information content (AvgIpc) is 2.55. The number of rotatable bonds is 6. The minimum absolute atomic E-state index is 0.111. The Morgan fingerprint density at radius 3 is 2.22 bits per heavy atom. The summed E-state index contributed by atoms with van der Waals surface area (Å²) in [5.74, 6) is -0.241. The minimum atomic E-state index is -0.130. The summed E-state index contributed by atoms with van der Waals surface area (Å²) >= 11 is 1.71. The van der Waals surface area contributed by atoms with Gasteiger partial charge >= 0.3 is 0 Å². The molecule has 2 aromatic rings. The highest BCUT2D eigenvalue weighted by Crippen LogP contribution is 2.15. The van der Waals surface area contributed by atoms with Crippen LogP contribution < -0.4 is 10.6 Å². The Morgan fingerprint density at radius 1 is 1.00 bits per heavy atom. The van der Waals surface area contributed by atoms with Gasteiger partial charge in [-0.15, -0.1) is 11.8 Å². The third-order valence-electron chi connectivity index (χ3n) is 3.33. The molecule has 0 saturated carbocycles. The van der Waals surface area contributed by atoms with E-state index in [2.05, 4.69) is 34.9 Å². The highest BCUT2D eigenvalue weighted by Gasteiger charge is 2.05. The number of amides is 2. The zero-order valence-corrected chi connectivity index (χ0v) is 14.1. The summed E-state index contributed by atoms with van der Waals surface area (Å²) in [7, 11) is 0. The van der Waals surface area contributed by atoms with Gasteiger partial charge in [0, 0.05) is 29.6 Å². The van der Waals surface area contributed by atoms with Crippen LogP contribution in [0.4, 0.5) is 5.69 Å². The van der Waals surface area contributed by atoms with Crippen molar-refractivity contribution in [3.63, 3.8) is 0 Å². The molecule has 0 aliphatic heterocycles. The van der Waals surface area contributed by atoms with Crippen LogP contribution >= 0.6 is 11.8 Å². The normalized spacial score (nSPS) is 10.2. The fourth-order valence-electron chi connectivity index (χ4n) is 2.12. The second kappa shape index (κ2) is 8.39. The predicted molar refractivity (Wildman–Crippen MR) is 95.0 cm³/mol. The van der Waals surface area contributed by atoms with Crippen LogP contribution in [0.25, 0.3) is 0 Å². The monoisotopic (exact) mass is 328 g/mol. The Morgan fingerprint density at radius 2 is 1.65 bits per heavy atom. The summed E-state index contributed by atoms with van der Waals surface area (Å²) in [5.41, 5.74) is 2.46. The van der Waals surface area contributed by atoms with E-state index in [0.29, 0.717) is 17.8 Å². The molecule has 0 aromatic heterocycles. The first-order valence-electron chi connectivity index (χ1n) is 7.37. The number of nitrogens with one attached hydrogen (secondary N) is 2. The molecule has 0 heterocycles. The lowest BCUT2D eigenvalue weighted by molar-refractivity contribution is -0.114. The molecule has 2 N–H and O–H groups in total. The Labute approximate surface area is 140 Å². The molecule has 0 aliphatic carbocycles. The molecule has 0 saturated heterocycles. The molecule has 0 bridgehead atoms. The third kappa shape index (κ3) is 5.45. The summed E-state index contributed by atoms with van der Waals surface area (Å²) in [6.45, 7) is 2.04. The number of hydrogen-bond donors (Lipinski definition) is 2. The van der Waals surface area contributed by atoms with Crippen LogP contribution in [0.15, 0.2) is 53.4 Å². The van der Waals surface area contributed by atoms with E-state index in [-0.39, 0.29) is 11.8 Å². The Balaban J connectivity index is 1.83. The third-order valence-corrected chi connectivity index (χ3v) is 4.07. The second-order valence-electron chi connectivity index (χ2n) is 5.11. The van der Waals surface area contributed by atoms with Gasteiger partial charge in [-0.3, -0.25) is 9.59 Å². The summed E-state index contributed by atoms with van der Waals surface area (Å²) in [6.07, 6.45) is 2.84. The first-order chi connectivity index (χ1) is 11.1. The summed E-state index contributed by atoms with van der Waals surface area (Å²) in [4.78, 5) is 24.3. The number of thioether (sulfide) groups is 1. The average molecular weight is 328 g/mol. The summed E-state index contributed by atoms with van der Waals surface area (Å²) < 4.78 is 0. The molecule has 2 amide bonds. The van der Waals surface area contributed by atoms with Gasteiger partial charge < -0.3 is 10.6 Å². The molecule has 0 radical (unpaired) electrons. The van der Waals surface area contributed by atoms with Crippen molar-refractivity contribution in [2.24, 2.45) is 0 Å². The van der Waals surface area contributed by atoms with Gasteiger partial charge in [0.15, 0.2) is 0 Å². The highest BCUT2D eigenvalue weighted by atomic mass is 32.2. The molecule has 2 aromatic carbocycles. The molecule has 4 nitrogen and oxygen atoms in total. The van der Waals surface area contributed by atoms with Crippen LogP contribution in [0, 0.1) is 0 Å². The lowest BCUT2D eigenvalue weighted by atomic mass is 10.1. The highest BCUT2D eigenvalue weighted by molar-refractivity contribution is 7.98. The standard InChI is InChI=1S/C18H20N2O2S/c1-13(21)20-16-7-5-15(6-8-16)18(22)19-12-11-14-3-9-17(23-2)10-4-14/h3-10H,11-12H2,1-2H3,(H,19,22)(H,20,21). The summed E-state index contributed by atoms with van der Waals surface area (Å²) in [5, 5.41) is 5.58. The van der Waals surface area contributed by atoms with Gasteiger partial charge in [-0.2, -0.15) is 0 Å². The van der Waals surface area contributed by atoms with Gasteiger partial charge in [-0.05, 0) is 54.6 Å². The number of hydrogen-bond acceptors (Lipinski definition) is 3. The molecule has 120 valence electrons. The van der Waals surface area contributed by atoms with Crippen LogP contribution in [0.2, 0.25) is 0 Å².